The zero-order valence-electron chi connectivity index (χ0n) is 16.2. The molecule has 0 radical (unpaired) electrons. The Hall–Kier alpha value is -3.40. The highest BCUT2D eigenvalue weighted by atomic mass is 14.8. The first-order valence-corrected chi connectivity index (χ1v) is 9.52. The second-order valence-electron chi connectivity index (χ2n) is 8.30. The van der Waals surface area contributed by atoms with Crippen molar-refractivity contribution in [2.75, 3.05) is 0 Å². The topological polar surface area (TPSA) is 57.4 Å². The fraction of sp³-hybridized carbons (Fsp3) is 0.167. The van der Waals surface area contributed by atoms with Crippen LogP contribution in [0.1, 0.15) is 49.1 Å². The SMILES string of the molecule is CC(C)(C)c1c2nc(cc3nc(cc4ccc(cc5ccc1[nH]5)[nH]4)C=C3)C=C2. The van der Waals surface area contributed by atoms with Crippen LogP contribution in [-0.4, -0.2) is 19.9 Å². The summed E-state index contributed by atoms with van der Waals surface area (Å²) in [6, 6.07) is 14.6. The fourth-order valence-electron chi connectivity index (χ4n) is 3.80. The lowest BCUT2D eigenvalue weighted by Gasteiger charge is -2.20. The lowest BCUT2D eigenvalue weighted by molar-refractivity contribution is 0.591. The largest absolute Gasteiger partial charge is 0.355 e. The number of aromatic amines is 2. The maximum Gasteiger partial charge on any atom is 0.0695 e. The molecule has 0 atom stereocenters. The van der Waals surface area contributed by atoms with E-state index in [4.69, 9.17) is 9.97 Å². The van der Waals surface area contributed by atoms with E-state index in [2.05, 4.69) is 79.3 Å². The van der Waals surface area contributed by atoms with Gasteiger partial charge < -0.3 is 9.97 Å². The first-order chi connectivity index (χ1) is 13.4. The molecule has 0 unspecified atom stereocenters. The maximum atomic E-state index is 4.89. The van der Waals surface area contributed by atoms with Gasteiger partial charge in [-0.25, -0.2) is 9.97 Å². The van der Waals surface area contributed by atoms with Crippen molar-refractivity contribution >= 4 is 46.4 Å². The zero-order valence-corrected chi connectivity index (χ0v) is 16.2. The van der Waals surface area contributed by atoms with Crippen LogP contribution in [0, 0.1) is 0 Å². The van der Waals surface area contributed by atoms with Crippen LogP contribution in [0.5, 0.6) is 0 Å². The molecule has 0 saturated carbocycles. The quantitative estimate of drug-likeness (QED) is 0.356. The molecular formula is C24H22N4. The number of rotatable bonds is 0. The highest BCUT2D eigenvalue weighted by Crippen LogP contribution is 2.31. The van der Waals surface area contributed by atoms with Crippen molar-refractivity contribution in [1.82, 2.24) is 19.9 Å². The molecule has 5 rings (SSSR count). The van der Waals surface area contributed by atoms with Gasteiger partial charge in [0.1, 0.15) is 0 Å². The van der Waals surface area contributed by atoms with Crippen LogP contribution < -0.4 is 0 Å². The van der Waals surface area contributed by atoms with Gasteiger partial charge in [-0.05, 0) is 72.2 Å². The third-order valence-corrected chi connectivity index (χ3v) is 4.97. The third kappa shape index (κ3) is 3.07. The molecule has 0 aromatic carbocycles. The summed E-state index contributed by atoms with van der Waals surface area (Å²) in [5.41, 5.74) is 9.17. The van der Waals surface area contributed by atoms with Gasteiger partial charge in [-0.1, -0.05) is 20.8 Å². The van der Waals surface area contributed by atoms with Gasteiger partial charge in [0.05, 0.1) is 22.8 Å². The summed E-state index contributed by atoms with van der Waals surface area (Å²) in [5.74, 6) is 0. The average Bonchev–Trinajstić information content (AvgIpc) is 3.38. The van der Waals surface area contributed by atoms with Crippen LogP contribution in [0.25, 0.3) is 46.4 Å². The Bertz CT molecular complexity index is 1290. The number of aromatic nitrogens is 4. The molecule has 28 heavy (non-hydrogen) atoms. The van der Waals surface area contributed by atoms with Gasteiger partial charge in [0.2, 0.25) is 0 Å². The lowest BCUT2D eigenvalue weighted by atomic mass is 9.85. The zero-order chi connectivity index (χ0) is 19.3. The standard InChI is InChI=1S/C24H22N4/c1-24(2,3)23-21-10-8-19(27-21)13-17-6-4-15(25-17)12-16-5-7-18(26-16)14-20-9-11-22(23)28-20/h4-14,25,27H,1-3H3. The Morgan fingerprint density at radius 3 is 2.04 bits per heavy atom. The van der Waals surface area contributed by atoms with Crippen LogP contribution in [0.4, 0.5) is 0 Å². The van der Waals surface area contributed by atoms with Crippen molar-refractivity contribution in [1.29, 1.82) is 0 Å². The Morgan fingerprint density at radius 2 is 1.25 bits per heavy atom. The van der Waals surface area contributed by atoms with E-state index in [1.165, 1.54) is 5.56 Å². The minimum atomic E-state index is -0.0491. The van der Waals surface area contributed by atoms with Crippen molar-refractivity contribution < 1.29 is 0 Å². The van der Waals surface area contributed by atoms with Crippen LogP contribution in [0.2, 0.25) is 0 Å². The highest BCUT2D eigenvalue weighted by Gasteiger charge is 2.21. The summed E-state index contributed by atoms with van der Waals surface area (Å²) < 4.78 is 0. The molecule has 3 aromatic heterocycles. The van der Waals surface area contributed by atoms with E-state index >= 15 is 0 Å². The van der Waals surface area contributed by atoms with Gasteiger partial charge in [-0.15, -0.1) is 0 Å². The molecule has 3 aromatic rings. The van der Waals surface area contributed by atoms with Crippen LogP contribution in [-0.2, 0) is 5.41 Å². The Balaban J connectivity index is 1.91. The van der Waals surface area contributed by atoms with E-state index < -0.39 is 0 Å². The Labute approximate surface area is 163 Å². The molecule has 2 aliphatic heterocycles. The second kappa shape index (κ2) is 6.06. The smallest absolute Gasteiger partial charge is 0.0695 e. The number of hydrogen-bond acceptors (Lipinski definition) is 2. The number of nitrogens with one attached hydrogen (secondary N) is 2. The predicted molar refractivity (Wildman–Crippen MR) is 118 cm³/mol. The molecule has 2 aliphatic rings. The first kappa shape index (κ1) is 16.8. The molecule has 138 valence electrons. The summed E-state index contributed by atoms with van der Waals surface area (Å²) in [4.78, 5) is 16.6. The number of nitrogens with zero attached hydrogens (tertiary/aromatic N) is 2. The van der Waals surface area contributed by atoms with Crippen molar-refractivity contribution in [3.05, 3.63) is 70.8 Å². The summed E-state index contributed by atoms with van der Waals surface area (Å²) in [6.45, 7) is 6.67. The Kier molecular flexibility index (Phi) is 3.63. The summed E-state index contributed by atoms with van der Waals surface area (Å²) >= 11 is 0. The van der Waals surface area contributed by atoms with Gasteiger partial charge in [-0.2, -0.15) is 0 Å². The minimum absolute atomic E-state index is 0.0491. The van der Waals surface area contributed by atoms with Crippen LogP contribution >= 0.6 is 0 Å². The molecule has 4 heteroatoms. The highest BCUT2D eigenvalue weighted by molar-refractivity contribution is 5.80. The first-order valence-electron chi connectivity index (χ1n) is 9.52. The molecule has 0 amide bonds. The molecule has 0 saturated heterocycles. The van der Waals surface area contributed by atoms with Crippen LogP contribution in [0.3, 0.4) is 0 Å². The molecular weight excluding hydrogens is 344 g/mol. The number of hydrogen-bond donors (Lipinski definition) is 2. The second-order valence-corrected chi connectivity index (χ2v) is 8.30. The van der Waals surface area contributed by atoms with E-state index in [1.807, 2.05) is 18.2 Å². The van der Waals surface area contributed by atoms with E-state index in [1.54, 1.807) is 0 Å². The third-order valence-electron chi connectivity index (χ3n) is 4.97. The van der Waals surface area contributed by atoms with Crippen molar-refractivity contribution in [2.24, 2.45) is 0 Å². The van der Waals surface area contributed by atoms with E-state index in [-0.39, 0.29) is 5.41 Å². The summed E-state index contributed by atoms with van der Waals surface area (Å²) in [5, 5.41) is 0. The maximum absolute atomic E-state index is 4.89. The van der Waals surface area contributed by atoms with E-state index in [9.17, 15) is 0 Å². The Morgan fingerprint density at radius 1 is 0.643 bits per heavy atom. The molecule has 8 bridgehead atoms. The monoisotopic (exact) mass is 366 g/mol. The van der Waals surface area contributed by atoms with Crippen molar-refractivity contribution in [3.63, 3.8) is 0 Å². The van der Waals surface area contributed by atoms with Gasteiger partial charge in [0.25, 0.3) is 0 Å². The molecule has 0 aliphatic carbocycles. The summed E-state index contributed by atoms with van der Waals surface area (Å²) in [6.07, 6.45) is 8.21. The van der Waals surface area contributed by atoms with E-state index in [0.29, 0.717) is 0 Å². The molecule has 0 fully saturated rings. The van der Waals surface area contributed by atoms with Crippen LogP contribution in [0.15, 0.2) is 42.5 Å². The van der Waals surface area contributed by atoms with Gasteiger partial charge in [0.15, 0.2) is 0 Å². The molecule has 2 N–H and O–H groups in total. The van der Waals surface area contributed by atoms with Crippen molar-refractivity contribution in [3.8, 4) is 0 Å². The van der Waals surface area contributed by atoms with Crippen molar-refractivity contribution in [2.45, 2.75) is 26.2 Å². The number of H-pyrrole nitrogens is 2. The van der Waals surface area contributed by atoms with Gasteiger partial charge in [-0.3, -0.25) is 0 Å². The average molecular weight is 366 g/mol. The molecule has 4 nitrogen and oxygen atoms in total. The normalized spacial score (nSPS) is 13.2. The molecule has 5 heterocycles. The fourth-order valence-corrected chi connectivity index (χ4v) is 3.80. The number of fused-ring (bicyclic) bond motifs is 8. The van der Waals surface area contributed by atoms with E-state index in [0.717, 1.165) is 44.8 Å². The predicted octanol–water partition coefficient (Wildman–Crippen LogP) is 5.95. The van der Waals surface area contributed by atoms with Gasteiger partial charge in [0, 0.05) is 27.6 Å². The summed E-state index contributed by atoms with van der Waals surface area (Å²) in [7, 11) is 0. The minimum Gasteiger partial charge on any atom is -0.355 e. The molecule has 0 spiro atoms. The van der Waals surface area contributed by atoms with Gasteiger partial charge >= 0.3 is 0 Å². The lowest BCUT2D eigenvalue weighted by Crippen LogP contribution is -2.13.